The van der Waals surface area contributed by atoms with Crippen molar-refractivity contribution in [2.24, 2.45) is 23.2 Å². The van der Waals surface area contributed by atoms with Crippen LogP contribution >= 0.6 is 0 Å². The Morgan fingerprint density at radius 3 is 2.57 bits per heavy atom. The van der Waals surface area contributed by atoms with Crippen LogP contribution in [0.5, 0.6) is 0 Å². The number of rotatable bonds is 13. The summed E-state index contributed by atoms with van der Waals surface area (Å²) in [6, 6.07) is 0. The molecule has 0 radical (unpaired) electrons. The molecule has 0 heterocycles. The number of carbonyl (C=O) groups excluding carboxylic acids is 1. The van der Waals surface area contributed by atoms with Crippen molar-refractivity contribution in [1.29, 1.82) is 0 Å². The van der Waals surface area contributed by atoms with Crippen molar-refractivity contribution >= 4 is 11.8 Å². The number of carbonyl (C=O) groups is 2. The topological polar surface area (TPSA) is 83.8 Å². The van der Waals surface area contributed by atoms with E-state index in [1.54, 1.807) is 7.11 Å². The molecule has 170 valence electrons. The van der Waals surface area contributed by atoms with Gasteiger partial charge in [-0.1, -0.05) is 44.6 Å². The van der Waals surface area contributed by atoms with Gasteiger partial charge in [0.15, 0.2) is 0 Å². The van der Waals surface area contributed by atoms with Gasteiger partial charge in [0.25, 0.3) is 0 Å². The van der Waals surface area contributed by atoms with Gasteiger partial charge in [0.05, 0.1) is 12.2 Å². The number of unbranched alkanes of at least 4 members (excludes halogenated alkanes) is 1. The Balaban J connectivity index is 1.92. The van der Waals surface area contributed by atoms with Crippen molar-refractivity contribution in [2.45, 2.75) is 90.3 Å². The molecule has 0 aromatic heterocycles. The molecule has 0 amide bonds. The van der Waals surface area contributed by atoms with Crippen molar-refractivity contribution in [3.63, 3.8) is 0 Å². The Hall–Kier alpha value is -1.46. The van der Waals surface area contributed by atoms with Gasteiger partial charge in [-0.3, -0.25) is 9.59 Å². The van der Waals surface area contributed by atoms with Crippen LogP contribution in [0.1, 0.15) is 78.1 Å². The molecule has 5 heteroatoms. The summed E-state index contributed by atoms with van der Waals surface area (Å²) in [7, 11) is 1.66. The number of allylic oxidation sites excluding steroid dienone is 2. The maximum Gasteiger partial charge on any atom is 0.303 e. The van der Waals surface area contributed by atoms with E-state index in [-0.39, 0.29) is 41.7 Å². The number of carboxylic acids is 1. The monoisotopic (exact) mass is 420 g/mol. The number of methoxy groups -OCH3 is 1. The van der Waals surface area contributed by atoms with Gasteiger partial charge in [0.2, 0.25) is 0 Å². The molecule has 30 heavy (non-hydrogen) atoms. The van der Waals surface area contributed by atoms with Crippen molar-refractivity contribution < 1.29 is 24.5 Å². The predicted octanol–water partition coefficient (Wildman–Crippen LogP) is 4.93. The van der Waals surface area contributed by atoms with Gasteiger partial charge in [-0.2, -0.15) is 0 Å². The van der Waals surface area contributed by atoms with E-state index in [1.807, 2.05) is 12.2 Å². The smallest absolute Gasteiger partial charge is 0.303 e. The van der Waals surface area contributed by atoms with E-state index in [1.165, 1.54) is 6.42 Å². The number of ketones is 1. The maximum absolute atomic E-state index is 12.5. The van der Waals surface area contributed by atoms with Gasteiger partial charge in [-0.05, 0) is 56.3 Å². The molecule has 2 fully saturated rings. The SMILES string of the molecule is COC1CC(=O)[C@H](CC=CCCCC(=O)O)[C@H]1C=CCC(O)C1(CC(C)C)CCC1. The number of Topliss-reactive ketones (excluding diaryl/α,β-unsaturated/α-hetero) is 1. The summed E-state index contributed by atoms with van der Waals surface area (Å²) >= 11 is 0. The minimum atomic E-state index is -0.776. The Kier molecular flexibility index (Phi) is 9.76. The fourth-order valence-electron chi connectivity index (χ4n) is 5.21. The van der Waals surface area contributed by atoms with Gasteiger partial charge in [0, 0.05) is 31.8 Å². The highest BCUT2D eigenvalue weighted by Crippen LogP contribution is 2.49. The second kappa shape index (κ2) is 11.8. The van der Waals surface area contributed by atoms with Crippen molar-refractivity contribution in [2.75, 3.05) is 7.11 Å². The lowest BCUT2D eigenvalue weighted by Crippen LogP contribution is -2.42. The molecule has 0 bridgehead atoms. The van der Waals surface area contributed by atoms with Crippen molar-refractivity contribution in [3.8, 4) is 0 Å². The molecule has 0 aromatic rings. The highest BCUT2D eigenvalue weighted by Gasteiger charge is 2.43. The molecular weight excluding hydrogens is 380 g/mol. The van der Waals surface area contributed by atoms with Crippen LogP contribution in [0, 0.1) is 23.2 Å². The number of aliphatic hydroxyl groups is 1. The van der Waals surface area contributed by atoms with Crippen LogP contribution in [0.4, 0.5) is 0 Å². The highest BCUT2D eigenvalue weighted by molar-refractivity contribution is 5.84. The predicted molar refractivity (Wildman–Crippen MR) is 118 cm³/mol. The standard InChI is InChI=1S/C25H40O5/c1-18(2)17-25(14-9-15-25)23(27)12-8-11-20-19(21(26)16-22(20)30-3)10-6-4-5-7-13-24(28)29/h4,6,8,11,18-20,22-23,27H,5,7,9-10,12-17H2,1-3H3,(H,28,29)/t19-,20-,22?,23?/m1/s1. The second-order valence-corrected chi connectivity index (χ2v) is 9.62. The quantitative estimate of drug-likeness (QED) is 0.326. The summed E-state index contributed by atoms with van der Waals surface area (Å²) in [5, 5.41) is 19.5. The molecule has 5 nitrogen and oxygen atoms in total. The fraction of sp³-hybridized carbons (Fsp3) is 0.760. The van der Waals surface area contributed by atoms with Gasteiger partial charge >= 0.3 is 5.97 Å². The molecule has 0 spiro atoms. The number of carboxylic acid groups (broad SMARTS) is 1. The number of hydrogen-bond donors (Lipinski definition) is 2. The Bertz CT molecular complexity index is 617. The molecule has 0 saturated heterocycles. The first-order valence-electron chi connectivity index (χ1n) is 11.6. The molecule has 2 unspecified atom stereocenters. The largest absolute Gasteiger partial charge is 0.481 e. The third-order valence-electron chi connectivity index (χ3n) is 6.92. The summed E-state index contributed by atoms with van der Waals surface area (Å²) in [6.07, 6.45) is 15.4. The van der Waals surface area contributed by atoms with Crippen LogP contribution in [0.15, 0.2) is 24.3 Å². The third-order valence-corrected chi connectivity index (χ3v) is 6.92. The summed E-state index contributed by atoms with van der Waals surface area (Å²) in [5.41, 5.74) is 0.0722. The zero-order valence-corrected chi connectivity index (χ0v) is 18.9. The highest BCUT2D eigenvalue weighted by atomic mass is 16.5. The molecular formula is C25H40O5. The van der Waals surface area contributed by atoms with Gasteiger partial charge < -0.3 is 14.9 Å². The minimum Gasteiger partial charge on any atom is -0.481 e. The van der Waals surface area contributed by atoms with Crippen LogP contribution in [-0.4, -0.2) is 41.3 Å². The summed E-state index contributed by atoms with van der Waals surface area (Å²) in [5.74, 6) is -0.0431. The normalized spacial score (nSPS) is 27.2. The first kappa shape index (κ1) is 24.8. The summed E-state index contributed by atoms with van der Waals surface area (Å²) < 4.78 is 5.58. The first-order chi connectivity index (χ1) is 14.3. The minimum absolute atomic E-state index is 0.0285. The number of ether oxygens (including phenoxy) is 1. The van der Waals surface area contributed by atoms with Crippen LogP contribution in [-0.2, 0) is 14.3 Å². The number of hydrogen-bond acceptors (Lipinski definition) is 4. The lowest BCUT2D eigenvalue weighted by Gasteiger charge is -2.46. The Labute approximate surface area is 181 Å². The van der Waals surface area contributed by atoms with Crippen molar-refractivity contribution in [1.82, 2.24) is 0 Å². The fourth-order valence-corrected chi connectivity index (χ4v) is 5.21. The molecule has 4 atom stereocenters. The lowest BCUT2D eigenvalue weighted by molar-refractivity contribution is -0.137. The molecule has 0 aromatic carbocycles. The van der Waals surface area contributed by atoms with Crippen LogP contribution in [0.2, 0.25) is 0 Å². The average Bonchev–Trinajstić information content (AvgIpc) is 2.95. The molecule has 0 aliphatic heterocycles. The maximum atomic E-state index is 12.5. The van der Waals surface area contributed by atoms with E-state index < -0.39 is 5.97 Å². The van der Waals surface area contributed by atoms with E-state index in [2.05, 4.69) is 26.0 Å². The van der Waals surface area contributed by atoms with E-state index >= 15 is 0 Å². The van der Waals surface area contributed by atoms with Crippen molar-refractivity contribution in [3.05, 3.63) is 24.3 Å². The molecule has 2 aliphatic carbocycles. The summed E-state index contributed by atoms with van der Waals surface area (Å²) in [4.78, 5) is 23.1. The van der Waals surface area contributed by atoms with Crippen LogP contribution in [0.3, 0.4) is 0 Å². The number of aliphatic carboxylic acids is 1. The Morgan fingerprint density at radius 1 is 1.27 bits per heavy atom. The van der Waals surface area contributed by atoms with Crippen LogP contribution in [0.25, 0.3) is 0 Å². The molecule has 2 saturated carbocycles. The third kappa shape index (κ3) is 6.78. The van der Waals surface area contributed by atoms with Crippen LogP contribution < -0.4 is 0 Å². The van der Waals surface area contributed by atoms with Gasteiger partial charge in [-0.25, -0.2) is 0 Å². The first-order valence-corrected chi connectivity index (χ1v) is 11.6. The molecule has 2 aliphatic rings. The summed E-state index contributed by atoms with van der Waals surface area (Å²) in [6.45, 7) is 4.44. The van der Waals surface area contributed by atoms with E-state index in [4.69, 9.17) is 9.84 Å². The van der Waals surface area contributed by atoms with Gasteiger partial charge in [-0.15, -0.1) is 0 Å². The second-order valence-electron chi connectivity index (χ2n) is 9.62. The zero-order valence-electron chi connectivity index (χ0n) is 18.9. The average molecular weight is 421 g/mol. The van der Waals surface area contributed by atoms with E-state index in [0.29, 0.717) is 38.0 Å². The van der Waals surface area contributed by atoms with E-state index in [0.717, 1.165) is 19.3 Å². The zero-order chi connectivity index (χ0) is 22.1. The Morgan fingerprint density at radius 2 is 2.00 bits per heavy atom. The lowest BCUT2D eigenvalue weighted by atomic mass is 9.60. The molecule has 2 N–H and O–H groups in total. The van der Waals surface area contributed by atoms with Gasteiger partial charge in [0.1, 0.15) is 5.78 Å². The number of aliphatic hydroxyl groups excluding tert-OH is 1. The molecule has 2 rings (SSSR count). The van der Waals surface area contributed by atoms with E-state index in [9.17, 15) is 14.7 Å².